The molecule has 5 heteroatoms. The van der Waals surface area contributed by atoms with Crippen molar-refractivity contribution in [2.24, 2.45) is 0 Å². The van der Waals surface area contributed by atoms with E-state index in [0.717, 1.165) is 25.7 Å². The first-order valence-electron chi connectivity index (χ1n) is 23.3. The van der Waals surface area contributed by atoms with E-state index in [2.05, 4.69) is 19.2 Å². The number of hydrogen-bond acceptors (Lipinski definition) is 4. The summed E-state index contributed by atoms with van der Waals surface area (Å²) < 4.78 is 0. The van der Waals surface area contributed by atoms with Gasteiger partial charge in [-0.25, -0.2) is 0 Å². The van der Waals surface area contributed by atoms with Gasteiger partial charge in [0.15, 0.2) is 0 Å². The van der Waals surface area contributed by atoms with Crippen LogP contribution in [0.2, 0.25) is 0 Å². The third kappa shape index (κ3) is 38.9. The molecule has 3 unspecified atom stereocenters. The van der Waals surface area contributed by atoms with Gasteiger partial charge in [-0.2, -0.15) is 0 Å². The molecule has 0 aliphatic rings. The monoisotopic (exact) mass is 724 g/mol. The standard InChI is InChI=1S/C46H93NO4/c1-3-5-7-9-11-13-15-17-19-21-23-25-27-29-31-33-35-37-39-43(49)41-46(51)47-44(42-48)45(50)40-38-36-34-32-30-28-26-24-22-20-18-16-14-12-10-8-6-4-2/h43-45,48-50H,3-42H2,1-2H3,(H,47,51). The quantitative estimate of drug-likeness (QED) is 0.0472. The molecule has 0 aromatic rings. The fourth-order valence-electron chi connectivity index (χ4n) is 7.58. The van der Waals surface area contributed by atoms with Crippen molar-refractivity contribution in [1.29, 1.82) is 0 Å². The third-order valence-electron chi connectivity index (χ3n) is 11.2. The van der Waals surface area contributed by atoms with E-state index in [9.17, 15) is 20.1 Å². The SMILES string of the molecule is CCCCCCCCCCCCCCCCCCCCC(O)CC(=O)NC(CO)C(O)CCCCCCCCCCCCCCCCCCCC. The Morgan fingerprint density at radius 1 is 0.412 bits per heavy atom. The van der Waals surface area contributed by atoms with Crippen LogP contribution in [0.5, 0.6) is 0 Å². The zero-order chi connectivity index (χ0) is 37.3. The van der Waals surface area contributed by atoms with Crippen LogP contribution >= 0.6 is 0 Å². The van der Waals surface area contributed by atoms with Crippen LogP contribution in [0.4, 0.5) is 0 Å². The van der Waals surface area contributed by atoms with Gasteiger partial charge < -0.3 is 20.6 Å². The molecule has 0 fully saturated rings. The zero-order valence-electron chi connectivity index (χ0n) is 34.8. The number of amides is 1. The zero-order valence-corrected chi connectivity index (χ0v) is 34.8. The van der Waals surface area contributed by atoms with Gasteiger partial charge in [-0.3, -0.25) is 4.79 Å². The average molecular weight is 724 g/mol. The molecule has 0 spiro atoms. The number of nitrogens with one attached hydrogen (secondary N) is 1. The van der Waals surface area contributed by atoms with Crippen molar-refractivity contribution >= 4 is 5.91 Å². The Bertz CT molecular complexity index is 674. The molecule has 3 atom stereocenters. The minimum Gasteiger partial charge on any atom is -0.394 e. The van der Waals surface area contributed by atoms with Gasteiger partial charge in [0.05, 0.1) is 31.3 Å². The highest BCUT2D eigenvalue weighted by Gasteiger charge is 2.21. The summed E-state index contributed by atoms with van der Waals surface area (Å²) in [6.45, 7) is 4.29. The van der Waals surface area contributed by atoms with E-state index in [1.165, 1.54) is 205 Å². The summed E-state index contributed by atoms with van der Waals surface area (Å²) in [6.07, 6.45) is 47.9. The lowest BCUT2D eigenvalue weighted by molar-refractivity contribution is -0.125. The Hall–Kier alpha value is -0.650. The summed E-state index contributed by atoms with van der Waals surface area (Å²) in [4.78, 5) is 12.5. The number of aliphatic hydroxyl groups excluding tert-OH is 3. The van der Waals surface area contributed by atoms with Gasteiger partial charge in [-0.15, -0.1) is 0 Å². The van der Waals surface area contributed by atoms with Gasteiger partial charge in [0, 0.05) is 0 Å². The van der Waals surface area contributed by atoms with Crippen molar-refractivity contribution < 1.29 is 20.1 Å². The summed E-state index contributed by atoms with van der Waals surface area (Å²) in [5.74, 6) is -0.277. The molecule has 0 bridgehead atoms. The first-order chi connectivity index (χ1) is 25.0. The van der Waals surface area contributed by atoms with Gasteiger partial charge >= 0.3 is 0 Å². The molecule has 4 N–H and O–H groups in total. The normalized spacial score (nSPS) is 13.4. The maximum atomic E-state index is 12.5. The highest BCUT2D eigenvalue weighted by atomic mass is 16.3. The molecule has 0 radical (unpaired) electrons. The third-order valence-corrected chi connectivity index (χ3v) is 11.2. The smallest absolute Gasteiger partial charge is 0.222 e. The Kier molecular flexibility index (Phi) is 41.6. The van der Waals surface area contributed by atoms with Crippen LogP contribution in [0.15, 0.2) is 0 Å². The molecule has 0 aromatic heterocycles. The lowest BCUT2D eigenvalue weighted by Crippen LogP contribution is -2.46. The molecule has 51 heavy (non-hydrogen) atoms. The van der Waals surface area contributed by atoms with Crippen LogP contribution < -0.4 is 5.32 Å². The van der Waals surface area contributed by atoms with Crippen molar-refractivity contribution in [2.45, 2.75) is 283 Å². The Labute approximate surface area is 319 Å². The molecule has 1 amide bonds. The van der Waals surface area contributed by atoms with E-state index in [4.69, 9.17) is 0 Å². The van der Waals surface area contributed by atoms with Crippen LogP contribution in [0, 0.1) is 0 Å². The Morgan fingerprint density at radius 3 is 0.941 bits per heavy atom. The number of unbranched alkanes of at least 4 members (excludes halogenated alkanes) is 34. The number of hydrogen-bond donors (Lipinski definition) is 4. The fraction of sp³-hybridized carbons (Fsp3) is 0.978. The number of carbonyl (C=O) groups excluding carboxylic acids is 1. The average Bonchev–Trinajstić information content (AvgIpc) is 3.12. The topological polar surface area (TPSA) is 89.8 Å². The van der Waals surface area contributed by atoms with Crippen molar-refractivity contribution in [3.63, 3.8) is 0 Å². The van der Waals surface area contributed by atoms with E-state index in [0.29, 0.717) is 12.8 Å². The summed E-state index contributed by atoms with van der Waals surface area (Å²) in [5, 5.41) is 33.5. The molecule has 306 valence electrons. The second-order valence-corrected chi connectivity index (χ2v) is 16.4. The van der Waals surface area contributed by atoms with Crippen LogP contribution in [-0.4, -0.2) is 46.1 Å². The molecule has 0 saturated carbocycles. The van der Waals surface area contributed by atoms with Gasteiger partial charge in [0.25, 0.3) is 0 Å². The first-order valence-corrected chi connectivity index (χ1v) is 23.3. The molecule has 5 nitrogen and oxygen atoms in total. The van der Waals surface area contributed by atoms with Crippen molar-refractivity contribution in [3.8, 4) is 0 Å². The van der Waals surface area contributed by atoms with Crippen LogP contribution in [-0.2, 0) is 4.79 Å². The number of aliphatic hydroxyl groups is 3. The predicted octanol–water partition coefficient (Wildman–Crippen LogP) is 13.4. The second-order valence-electron chi connectivity index (χ2n) is 16.4. The van der Waals surface area contributed by atoms with E-state index >= 15 is 0 Å². The number of carbonyl (C=O) groups is 1. The maximum absolute atomic E-state index is 12.5. The molecular weight excluding hydrogens is 631 g/mol. The molecule has 0 aliphatic heterocycles. The minimum atomic E-state index is -0.743. The molecule has 0 aromatic carbocycles. The number of rotatable bonds is 43. The summed E-state index contributed by atoms with van der Waals surface area (Å²) in [6, 6.07) is -0.652. The fourth-order valence-corrected chi connectivity index (χ4v) is 7.58. The predicted molar refractivity (Wildman–Crippen MR) is 222 cm³/mol. The molecule has 0 rings (SSSR count). The highest BCUT2D eigenvalue weighted by Crippen LogP contribution is 2.17. The molecular formula is C46H93NO4. The lowest BCUT2D eigenvalue weighted by Gasteiger charge is -2.23. The van der Waals surface area contributed by atoms with Crippen LogP contribution in [0.3, 0.4) is 0 Å². The summed E-state index contributed by atoms with van der Waals surface area (Å²) in [5.41, 5.74) is 0. The van der Waals surface area contributed by atoms with Crippen LogP contribution in [0.1, 0.15) is 264 Å². The minimum absolute atomic E-state index is 0.0430. The van der Waals surface area contributed by atoms with Gasteiger partial charge in [0.2, 0.25) is 5.91 Å². The van der Waals surface area contributed by atoms with Gasteiger partial charge in [-0.05, 0) is 12.8 Å². The lowest BCUT2D eigenvalue weighted by atomic mass is 10.0. The van der Waals surface area contributed by atoms with Crippen LogP contribution in [0.25, 0.3) is 0 Å². The summed E-state index contributed by atoms with van der Waals surface area (Å²) >= 11 is 0. The van der Waals surface area contributed by atoms with E-state index in [1.54, 1.807) is 0 Å². The van der Waals surface area contributed by atoms with Crippen molar-refractivity contribution in [3.05, 3.63) is 0 Å². The Morgan fingerprint density at radius 2 is 0.667 bits per heavy atom. The molecule has 0 aliphatic carbocycles. The van der Waals surface area contributed by atoms with Crippen molar-refractivity contribution in [2.75, 3.05) is 6.61 Å². The van der Waals surface area contributed by atoms with Gasteiger partial charge in [-0.1, -0.05) is 245 Å². The van der Waals surface area contributed by atoms with Crippen molar-refractivity contribution in [1.82, 2.24) is 5.32 Å². The van der Waals surface area contributed by atoms with Gasteiger partial charge in [0.1, 0.15) is 0 Å². The van der Waals surface area contributed by atoms with E-state index in [1.807, 2.05) is 0 Å². The van der Waals surface area contributed by atoms with E-state index in [-0.39, 0.29) is 18.9 Å². The molecule has 0 saturated heterocycles. The molecule has 0 heterocycles. The van der Waals surface area contributed by atoms with E-state index < -0.39 is 18.2 Å². The Balaban J connectivity index is 3.56. The highest BCUT2D eigenvalue weighted by molar-refractivity contribution is 5.76. The second kappa shape index (κ2) is 42.1. The summed E-state index contributed by atoms with van der Waals surface area (Å²) in [7, 11) is 0. The first kappa shape index (κ1) is 50.4. The largest absolute Gasteiger partial charge is 0.394 e. The maximum Gasteiger partial charge on any atom is 0.222 e.